The van der Waals surface area contributed by atoms with Crippen molar-refractivity contribution in [1.82, 2.24) is 15.0 Å². The first kappa shape index (κ1) is 14.2. The summed E-state index contributed by atoms with van der Waals surface area (Å²) in [6.07, 6.45) is 1.00. The molecule has 0 aliphatic carbocycles. The van der Waals surface area contributed by atoms with Gasteiger partial charge in [0, 0.05) is 5.54 Å². The van der Waals surface area contributed by atoms with Crippen molar-refractivity contribution in [3.8, 4) is 0 Å². The second-order valence-corrected chi connectivity index (χ2v) is 6.56. The van der Waals surface area contributed by atoms with Gasteiger partial charge in [-0.2, -0.15) is 9.97 Å². The molecule has 0 spiro atoms. The van der Waals surface area contributed by atoms with Gasteiger partial charge < -0.3 is 5.32 Å². The summed E-state index contributed by atoms with van der Waals surface area (Å²) in [7, 11) is 0. The van der Waals surface area contributed by atoms with E-state index in [9.17, 15) is 0 Å². The molecule has 0 atom stereocenters. The van der Waals surface area contributed by atoms with Crippen LogP contribution in [0.3, 0.4) is 0 Å². The van der Waals surface area contributed by atoms with Crippen molar-refractivity contribution in [2.45, 2.75) is 53.5 Å². The van der Waals surface area contributed by atoms with Gasteiger partial charge in [0.1, 0.15) is 5.82 Å². The molecule has 17 heavy (non-hydrogen) atoms. The zero-order valence-electron chi connectivity index (χ0n) is 11.4. The molecular formula is C12H21ClN4. The van der Waals surface area contributed by atoms with Crippen LogP contribution in [0.15, 0.2) is 0 Å². The maximum absolute atomic E-state index is 5.81. The van der Waals surface area contributed by atoms with Crippen molar-refractivity contribution in [1.29, 1.82) is 0 Å². The lowest BCUT2D eigenvalue weighted by atomic mass is 9.82. The first-order valence-corrected chi connectivity index (χ1v) is 6.12. The zero-order valence-corrected chi connectivity index (χ0v) is 12.2. The molecule has 1 aromatic heterocycles. The van der Waals surface area contributed by atoms with Crippen molar-refractivity contribution in [2.75, 3.05) is 5.32 Å². The number of rotatable bonds is 3. The largest absolute Gasteiger partial charge is 0.349 e. The van der Waals surface area contributed by atoms with Crippen LogP contribution in [0.25, 0.3) is 0 Å². The number of anilines is 1. The van der Waals surface area contributed by atoms with E-state index >= 15 is 0 Å². The third kappa shape index (κ3) is 5.31. The molecule has 0 saturated heterocycles. The summed E-state index contributed by atoms with van der Waals surface area (Å²) in [6.45, 7) is 12.7. The van der Waals surface area contributed by atoms with Gasteiger partial charge in [-0.05, 0) is 44.2 Å². The summed E-state index contributed by atoms with van der Waals surface area (Å²) in [5, 5.41) is 3.54. The fourth-order valence-corrected chi connectivity index (χ4v) is 2.38. The molecule has 1 aromatic rings. The summed E-state index contributed by atoms with van der Waals surface area (Å²) in [5.74, 6) is 1.16. The molecule has 5 heteroatoms. The molecule has 0 aliphatic heterocycles. The molecule has 0 unspecified atom stereocenters. The lowest BCUT2D eigenvalue weighted by Crippen LogP contribution is -2.36. The van der Waals surface area contributed by atoms with E-state index in [4.69, 9.17) is 11.6 Å². The molecule has 0 aliphatic rings. The molecule has 0 amide bonds. The summed E-state index contributed by atoms with van der Waals surface area (Å²) in [5.41, 5.74) is 0.151. The number of nitrogens with zero attached hydrogens (tertiary/aromatic N) is 3. The fraction of sp³-hybridized carbons (Fsp3) is 0.750. The molecule has 1 rings (SSSR count). The number of hydrogen-bond acceptors (Lipinski definition) is 4. The van der Waals surface area contributed by atoms with Gasteiger partial charge in [-0.1, -0.05) is 20.8 Å². The van der Waals surface area contributed by atoms with E-state index in [1.54, 1.807) is 6.92 Å². The Bertz CT molecular complexity index is 376. The number of halogens is 1. The van der Waals surface area contributed by atoms with Gasteiger partial charge in [-0.3, -0.25) is 0 Å². The van der Waals surface area contributed by atoms with Crippen molar-refractivity contribution in [2.24, 2.45) is 5.41 Å². The first-order chi connectivity index (χ1) is 7.57. The Hall–Kier alpha value is -0.900. The average Bonchev–Trinajstić information content (AvgIpc) is 1.93. The van der Waals surface area contributed by atoms with Gasteiger partial charge in [-0.25, -0.2) is 4.98 Å². The van der Waals surface area contributed by atoms with E-state index in [1.165, 1.54) is 0 Å². The molecule has 0 fully saturated rings. The van der Waals surface area contributed by atoms with Gasteiger partial charge >= 0.3 is 0 Å². The molecule has 0 saturated carbocycles. The quantitative estimate of drug-likeness (QED) is 0.900. The molecule has 0 aromatic carbocycles. The lowest BCUT2D eigenvalue weighted by Gasteiger charge is -2.33. The topological polar surface area (TPSA) is 50.7 Å². The van der Waals surface area contributed by atoms with Crippen LogP contribution in [0.4, 0.5) is 5.95 Å². The number of hydrogen-bond donors (Lipinski definition) is 1. The standard InChI is InChI=1S/C12H21ClN4/c1-8-14-9(13)16-10(15-8)17-12(5,6)7-11(2,3)4/h7H2,1-6H3,(H,14,15,16,17). The molecular weight excluding hydrogens is 236 g/mol. The average molecular weight is 257 g/mol. The molecule has 1 heterocycles. The Morgan fingerprint density at radius 2 is 1.65 bits per heavy atom. The Balaban J connectivity index is 2.82. The van der Waals surface area contributed by atoms with Crippen LogP contribution in [0.5, 0.6) is 0 Å². The maximum atomic E-state index is 5.81. The van der Waals surface area contributed by atoms with Gasteiger partial charge in [0.25, 0.3) is 0 Å². The highest BCUT2D eigenvalue weighted by molar-refractivity contribution is 6.28. The Labute approximate surface area is 108 Å². The van der Waals surface area contributed by atoms with Crippen LogP contribution in [0, 0.1) is 12.3 Å². The Morgan fingerprint density at radius 3 is 2.12 bits per heavy atom. The highest BCUT2D eigenvalue weighted by Crippen LogP contribution is 2.28. The van der Waals surface area contributed by atoms with Crippen molar-refractivity contribution in [3.63, 3.8) is 0 Å². The maximum Gasteiger partial charge on any atom is 0.227 e. The van der Waals surface area contributed by atoms with Crippen LogP contribution in [-0.4, -0.2) is 20.5 Å². The monoisotopic (exact) mass is 256 g/mol. The molecule has 0 bridgehead atoms. The minimum absolute atomic E-state index is 0.0879. The third-order valence-electron chi connectivity index (χ3n) is 2.14. The van der Waals surface area contributed by atoms with Crippen LogP contribution < -0.4 is 5.32 Å². The van der Waals surface area contributed by atoms with Gasteiger partial charge in [0.2, 0.25) is 11.2 Å². The van der Waals surface area contributed by atoms with Crippen molar-refractivity contribution in [3.05, 3.63) is 11.1 Å². The summed E-state index contributed by atoms with van der Waals surface area (Å²) in [4.78, 5) is 12.3. The predicted octanol–water partition coefficient (Wildman–Crippen LogP) is 3.46. The minimum atomic E-state index is -0.0879. The molecule has 4 nitrogen and oxygen atoms in total. The SMILES string of the molecule is Cc1nc(Cl)nc(NC(C)(C)CC(C)(C)C)n1. The second-order valence-electron chi connectivity index (χ2n) is 6.22. The van der Waals surface area contributed by atoms with Crippen LogP contribution in [0.1, 0.15) is 46.9 Å². The fourth-order valence-electron chi connectivity index (χ4n) is 2.18. The number of nitrogens with one attached hydrogen (secondary N) is 1. The normalized spacial score (nSPS) is 12.6. The number of aryl methyl sites for hydroxylation is 1. The summed E-state index contributed by atoms with van der Waals surface area (Å²) in [6, 6.07) is 0. The zero-order chi connectivity index (χ0) is 13.3. The van der Waals surface area contributed by atoms with E-state index in [-0.39, 0.29) is 16.2 Å². The Kier molecular flexibility index (Phi) is 3.97. The first-order valence-electron chi connectivity index (χ1n) is 5.74. The minimum Gasteiger partial charge on any atom is -0.349 e. The molecule has 96 valence electrons. The van der Waals surface area contributed by atoms with E-state index in [1.807, 2.05) is 0 Å². The van der Waals surface area contributed by atoms with E-state index in [0.717, 1.165) is 6.42 Å². The summed E-state index contributed by atoms with van der Waals surface area (Å²) < 4.78 is 0. The lowest BCUT2D eigenvalue weighted by molar-refractivity contribution is 0.301. The van der Waals surface area contributed by atoms with Gasteiger partial charge in [-0.15, -0.1) is 0 Å². The summed E-state index contributed by atoms with van der Waals surface area (Å²) >= 11 is 5.81. The molecule has 0 radical (unpaired) electrons. The van der Waals surface area contributed by atoms with Gasteiger partial charge in [0.15, 0.2) is 0 Å². The second kappa shape index (κ2) is 4.77. The highest BCUT2D eigenvalue weighted by Gasteiger charge is 2.26. The van der Waals surface area contributed by atoms with Gasteiger partial charge in [0.05, 0.1) is 0 Å². The van der Waals surface area contributed by atoms with E-state index in [0.29, 0.717) is 11.8 Å². The van der Waals surface area contributed by atoms with E-state index in [2.05, 4.69) is 54.9 Å². The van der Waals surface area contributed by atoms with Crippen molar-refractivity contribution < 1.29 is 0 Å². The third-order valence-corrected chi connectivity index (χ3v) is 2.31. The highest BCUT2D eigenvalue weighted by atomic mass is 35.5. The van der Waals surface area contributed by atoms with Crippen LogP contribution in [0.2, 0.25) is 5.28 Å². The van der Waals surface area contributed by atoms with Crippen LogP contribution >= 0.6 is 11.6 Å². The van der Waals surface area contributed by atoms with Crippen LogP contribution in [-0.2, 0) is 0 Å². The smallest absolute Gasteiger partial charge is 0.227 e. The number of aromatic nitrogens is 3. The molecule has 1 N–H and O–H groups in total. The van der Waals surface area contributed by atoms with E-state index < -0.39 is 0 Å². The Morgan fingerprint density at radius 1 is 1.06 bits per heavy atom. The predicted molar refractivity (Wildman–Crippen MR) is 71.3 cm³/mol. The van der Waals surface area contributed by atoms with Crippen molar-refractivity contribution >= 4 is 17.5 Å².